The van der Waals surface area contributed by atoms with Crippen LogP contribution in [0.15, 0.2) is 146 Å². The monoisotopic (exact) mass is 660 g/mol. The Hall–Kier alpha value is -4.72. The van der Waals surface area contributed by atoms with Gasteiger partial charge >= 0.3 is 0 Å². The first kappa shape index (κ1) is 27.6. The lowest BCUT2D eigenvalue weighted by molar-refractivity contribution is 1.42. The Morgan fingerprint density at radius 1 is 0.304 bits per heavy atom. The van der Waals surface area contributed by atoms with E-state index in [1.165, 1.54) is 61.9 Å². The number of thiazole rings is 2. The largest absolute Gasteiger partial charge is 0.244 e. The van der Waals surface area contributed by atoms with Gasteiger partial charge in [-0.25, -0.2) is 9.97 Å². The van der Waals surface area contributed by atoms with Crippen molar-refractivity contribution in [1.82, 2.24) is 9.97 Å². The van der Waals surface area contributed by atoms with Crippen molar-refractivity contribution < 1.29 is 0 Å². The Morgan fingerprint density at radius 3 is 1.20 bits per heavy atom. The van der Waals surface area contributed by atoms with Crippen LogP contribution in [0.5, 0.6) is 0 Å². The number of aromatic nitrogens is 2. The van der Waals surface area contributed by atoms with Gasteiger partial charge in [0.25, 0.3) is 0 Å². The molecule has 0 bridgehead atoms. The molecule has 0 fully saturated rings. The fourth-order valence-electron chi connectivity index (χ4n) is 5.76. The van der Waals surface area contributed by atoms with Gasteiger partial charge in [0, 0.05) is 43.0 Å². The summed E-state index contributed by atoms with van der Waals surface area (Å²) in [6, 6.07) is 47.9. The van der Waals surface area contributed by atoms with E-state index in [9.17, 15) is 0 Å². The van der Waals surface area contributed by atoms with Crippen molar-refractivity contribution in [3.8, 4) is 61.5 Å². The third-order valence-corrected chi connectivity index (χ3v) is 12.9. The molecule has 0 atom stereocenters. The van der Waals surface area contributed by atoms with Gasteiger partial charge < -0.3 is 0 Å². The minimum atomic E-state index is 1.04. The zero-order valence-electron chi connectivity index (χ0n) is 24.4. The number of rotatable bonds is 6. The first-order chi connectivity index (χ1) is 22.7. The molecule has 0 amide bonds. The molecule has 0 radical (unpaired) electrons. The van der Waals surface area contributed by atoms with Gasteiger partial charge in [-0.15, -0.1) is 45.3 Å². The minimum Gasteiger partial charge on any atom is -0.244 e. The highest BCUT2D eigenvalue weighted by Gasteiger charge is 2.13. The lowest BCUT2D eigenvalue weighted by atomic mass is 10.0. The molecule has 0 aliphatic rings. The molecule has 0 saturated carbocycles. The average Bonchev–Trinajstić information content (AvgIpc) is 3.94. The van der Waals surface area contributed by atoms with E-state index in [1.54, 1.807) is 22.7 Å². The van der Waals surface area contributed by atoms with Gasteiger partial charge in [-0.1, -0.05) is 84.9 Å². The van der Waals surface area contributed by atoms with Crippen LogP contribution >= 0.6 is 45.3 Å². The Labute approximate surface area is 282 Å². The van der Waals surface area contributed by atoms with Crippen molar-refractivity contribution in [2.24, 2.45) is 0 Å². The Balaban J connectivity index is 0.978. The van der Waals surface area contributed by atoms with Crippen LogP contribution in [0.1, 0.15) is 0 Å². The lowest BCUT2D eigenvalue weighted by Gasteiger charge is -2.06. The number of hydrogen-bond acceptors (Lipinski definition) is 6. The molecule has 9 rings (SSSR count). The molecule has 218 valence electrons. The average molecular weight is 661 g/mol. The van der Waals surface area contributed by atoms with Crippen molar-refractivity contribution in [2.45, 2.75) is 0 Å². The minimum absolute atomic E-state index is 1.04. The molecular weight excluding hydrogens is 637 g/mol. The summed E-state index contributed by atoms with van der Waals surface area (Å²) >= 11 is 7.14. The molecule has 0 spiro atoms. The summed E-state index contributed by atoms with van der Waals surface area (Å²) in [5, 5.41) is 6.98. The SMILES string of the molecule is c1ccc(-c2ccc(-c3cnc(-c4ccc5cc6cc(-c7ncc(-c8ccc(-c9ccccc9)s8)s7)ccc6cc5c4)s3)s2)cc1. The van der Waals surface area contributed by atoms with Crippen molar-refractivity contribution in [3.63, 3.8) is 0 Å². The van der Waals surface area contributed by atoms with E-state index < -0.39 is 0 Å². The lowest BCUT2D eigenvalue weighted by Crippen LogP contribution is -1.81. The molecule has 6 heteroatoms. The maximum absolute atomic E-state index is 4.82. The topological polar surface area (TPSA) is 25.8 Å². The first-order valence-electron chi connectivity index (χ1n) is 14.9. The standard InChI is InChI=1S/C40H24N2S4/c1-3-7-25(8-4-1)33-15-17-35(43-33)37-23-41-39(45-37)29-13-11-27-20-32-22-30(14-12-28(32)19-31(27)21-29)40-42-24-38(46-40)36-18-16-34(44-36)26-9-5-2-6-10-26/h1-24H. The molecule has 4 aromatic heterocycles. The molecule has 0 aliphatic carbocycles. The van der Waals surface area contributed by atoms with Gasteiger partial charge in [0.05, 0.1) is 9.75 Å². The summed E-state index contributed by atoms with van der Waals surface area (Å²) in [6.07, 6.45) is 4.02. The van der Waals surface area contributed by atoms with Crippen LogP contribution in [0.3, 0.4) is 0 Å². The second-order valence-corrected chi connectivity index (χ2v) is 15.3. The second kappa shape index (κ2) is 11.6. The molecule has 46 heavy (non-hydrogen) atoms. The maximum Gasteiger partial charge on any atom is 0.123 e. The van der Waals surface area contributed by atoms with Gasteiger partial charge in [0.1, 0.15) is 10.0 Å². The zero-order chi connectivity index (χ0) is 30.5. The van der Waals surface area contributed by atoms with E-state index in [4.69, 9.17) is 9.97 Å². The molecule has 9 aromatic rings. The predicted molar refractivity (Wildman–Crippen MR) is 201 cm³/mol. The number of benzene rings is 5. The van der Waals surface area contributed by atoms with Crippen molar-refractivity contribution >= 4 is 66.9 Å². The van der Waals surface area contributed by atoms with E-state index in [1.807, 2.05) is 35.1 Å². The molecule has 0 N–H and O–H groups in total. The van der Waals surface area contributed by atoms with Gasteiger partial charge in [0.15, 0.2) is 0 Å². The van der Waals surface area contributed by atoms with Crippen molar-refractivity contribution in [3.05, 3.63) is 146 Å². The molecule has 0 aliphatic heterocycles. The van der Waals surface area contributed by atoms with E-state index in [-0.39, 0.29) is 0 Å². The van der Waals surface area contributed by atoms with Crippen LogP contribution in [0.2, 0.25) is 0 Å². The predicted octanol–water partition coefficient (Wildman–Crippen LogP) is 13.0. The van der Waals surface area contributed by atoms with Gasteiger partial charge in [0.2, 0.25) is 0 Å². The van der Waals surface area contributed by atoms with Crippen LogP contribution in [0.4, 0.5) is 0 Å². The van der Waals surface area contributed by atoms with E-state index in [0.717, 1.165) is 21.1 Å². The summed E-state index contributed by atoms with van der Waals surface area (Å²) in [7, 11) is 0. The van der Waals surface area contributed by atoms with Crippen molar-refractivity contribution in [1.29, 1.82) is 0 Å². The van der Waals surface area contributed by atoms with Gasteiger partial charge in [-0.3, -0.25) is 0 Å². The molecule has 0 unspecified atom stereocenters. The van der Waals surface area contributed by atoms with Crippen LogP contribution in [0, 0.1) is 0 Å². The Bertz CT molecular complexity index is 2310. The molecule has 0 saturated heterocycles. The highest BCUT2D eigenvalue weighted by molar-refractivity contribution is 7.25. The zero-order valence-corrected chi connectivity index (χ0v) is 27.6. The summed E-state index contributed by atoms with van der Waals surface area (Å²) in [5.41, 5.74) is 4.81. The van der Waals surface area contributed by atoms with Gasteiger partial charge in [-0.05, 0) is 81.2 Å². The summed E-state index contributed by atoms with van der Waals surface area (Å²) in [4.78, 5) is 17.1. The molecular formula is C40H24N2S4. The third kappa shape index (κ3) is 5.19. The van der Waals surface area contributed by atoms with Crippen LogP contribution in [-0.2, 0) is 0 Å². The summed E-state index contributed by atoms with van der Waals surface area (Å²) < 4.78 is 0. The second-order valence-electron chi connectivity index (χ2n) is 11.1. The summed E-state index contributed by atoms with van der Waals surface area (Å²) in [6.45, 7) is 0. The highest BCUT2D eigenvalue weighted by Crippen LogP contribution is 2.41. The normalized spacial score (nSPS) is 11.5. The fourth-order valence-corrected chi connectivity index (χ4v) is 9.76. The Morgan fingerprint density at radius 2 is 0.739 bits per heavy atom. The molecule has 2 nitrogen and oxygen atoms in total. The van der Waals surface area contributed by atoms with E-state index >= 15 is 0 Å². The number of hydrogen-bond donors (Lipinski definition) is 0. The molecule has 4 heterocycles. The quantitative estimate of drug-likeness (QED) is 0.166. The Kier molecular flexibility index (Phi) is 6.94. The van der Waals surface area contributed by atoms with Crippen LogP contribution in [-0.4, -0.2) is 9.97 Å². The number of thiophene rings is 2. The molecule has 5 aromatic carbocycles. The van der Waals surface area contributed by atoms with Crippen LogP contribution in [0.25, 0.3) is 83.1 Å². The highest BCUT2D eigenvalue weighted by atomic mass is 32.1. The third-order valence-electron chi connectivity index (χ3n) is 8.12. The fraction of sp³-hybridized carbons (Fsp3) is 0. The smallest absolute Gasteiger partial charge is 0.123 e. The summed E-state index contributed by atoms with van der Waals surface area (Å²) in [5.74, 6) is 0. The van der Waals surface area contributed by atoms with E-state index in [0.29, 0.717) is 0 Å². The van der Waals surface area contributed by atoms with Gasteiger partial charge in [-0.2, -0.15) is 0 Å². The van der Waals surface area contributed by atoms with E-state index in [2.05, 4.69) is 133 Å². The van der Waals surface area contributed by atoms with Crippen LogP contribution < -0.4 is 0 Å². The first-order valence-corrected chi connectivity index (χ1v) is 18.2. The maximum atomic E-state index is 4.82. The van der Waals surface area contributed by atoms with Crippen molar-refractivity contribution in [2.75, 3.05) is 0 Å². The number of nitrogens with zero attached hydrogens (tertiary/aromatic N) is 2. The number of fused-ring (bicyclic) bond motifs is 2.